The fourth-order valence-corrected chi connectivity index (χ4v) is 11.3. The summed E-state index contributed by atoms with van der Waals surface area (Å²) in [6.07, 6.45) is -0.311. The summed E-state index contributed by atoms with van der Waals surface area (Å²) in [6, 6.07) is 6.70. The average Bonchev–Trinajstić information content (AvgIpc) is 3.92. The van der Waals surface area contributed by atoms with Crippen LogP contribution in [0.15, 0.2) is 18.2 Å². The van der Waals surface area contributed by atoms with Crippen molar-refractivity contribution in [1.29, 1.82) is 0 Å². The van der Waals surface area contributed by atoms with E-state index in [1.807, 2.05) is 61.5 Å². The first kappa shape index (κ1) is 39.6. The molecule has 1 aliphatic carbocycles. The van der Waals surface area contributed by atoms with Gasteiger partial charge in [-0.25, -0.2) is 0 Å². The van der Waals surface area contributed by atoms with E-state index in [-0.39, 0.29) is 18.8 Å². The van der Waals surface area contributed by atoms with Crippen molar-refractivity contribution in [2.24, 2.45) is 11.8 Å². The van der Waals surface area contributed by atoms with Crippen LogP contribution in [0, 0.1) is 11.8 Å². The first-order valence-electron chi connectivity index (χ1n) is 21.1. The normalized spacial score (nSPS) is 40.2. The number of nitrogens with zero attached hydrogens (tertiary/aromatic N) is 2. The molecular formula is C43H64N2O11. The zero-order valence-corrected chi connectivity index (χ0v) is 34.7. The Kier molecular flexibility index (Phi) is 9.97. The first-order valence-corrected chi connectivity index (χ1v) is 21.1. The van der Waals surface area contributed by atoms with Crippen LogP contribution in [-0.4, -0.2) is 131 Å². The van der Waals surface area contributed by atoms with Crippen molar-refractivity contribution >= 4 is 10.9 Å². The molecule has 13 atom stereocenters. The highest BCUT2D eigenvalue weighted by molar-refractivity contribution is 5.87. The minimum Gasteiger partial charge on any atom is -0.491 e. The van der Waals surface area contributed by atoms with Gasteiger partial charge in [0.25, 0.3) is 0 Å². The van der Waals surface area contributed by atoms with Crippen LogP contribution in [0.4, 0.5) is 0 Å². The number of aliphatic hydroxyl groups is 2. The summed E-state index contributed by atoms with van der Waals surface area (Å²) in [5.41, 5.74) is 3.74. The van der Waals surface area contributed by atoms with Crippen molar-refractivity contribution in [3.63, 3.8) is 0 Å². The minimum absolute atomic E-state index is 0.0168. The van der Waals surface area contributed by atoms with Crippen LogP contribution in [0.2, 0.25) is 0 Å². The lowest BCUT2D eigenvalue weighted by Gasteiger charge is -2.53. The second-order valence-corrected chi connectivity index (χ2v) is 19.3. The van der Waals surface area contributed by atoms with E-state index in [1.165, 1.54) is 30.6 Å². The van der Waals surface area contributed by atoms with E-state index < -0.39 is 59.8 Å². The Morgan fingerprint density at radius 3 is 2.00 bits per heavy atom. The van der Waals surface area contributed by atoms with Crippen LogP contribution in [-0.2, 0) is 50.9 Å². The van der Waals surface area contributed by atoms with E-state index >= 15 is 0 Å². The summed E-state index contributed by atoms with van der Waals surface area (Å²) in [5, 5.41) is 24.9. The van der Waals surface area contributed by atoms with Crippen LogP contribution in [0.3, 0.4) is 0 Å². The number of piperidine rings is 2. The van der Waals surface area contributed by atoms with E-state index in [4.69, 9.17) is 42.6 Å². The summed E-state index contributed by atoms with van der Waals surface area (Å²) in [6.45, 7) is 20.7. The third-order valence-corrected chi connectivity index (χ3v) is 13.4. The van der Waals surface area contributed by atoms with Gasteiger partial charge in [0.05, 0.1) is 19.8 Å². The number of fused-ring (bicyclic) bond motifs is 4. The SMILES string of the molecule is CC[C@H]1C[C@H]2C[C@H]3c4c(c5cc(OC[C@H](O)[C@@H]6OC(C)(C)O[C@@H]6[C@H]6COC(C)(C)O6)ccc5n4C[C@H](O)[C@@H]4OC(C)(C)O[C@@H]4[C@H]4COC(C)(C)O4)CCN(C2)C13. The third-order valence-electron chi connectivity index (χ3n) is 13.4. The highest BCUT2D eigenvalue weighted by Gasteiger charge is 2.55. The molecule has 2 N–H and O–H groups in total. The van der Waals surface area contributed by atoms with E-state index in [1.54, 1.807) is 0 Å². The molecule has 6 saturated heterocycles. The molecule has 7 aliphatic heterocycles. The van der Waals surface area contributed by atoms with Crippen molar-refractivity contribution < 1.29 is 52.8 Å². The Hall–Kier alpha value is -1.88. The molecule has 2 aromatic rings. The number of hydrogen-bond donors (Lipinski definition) is 2. The Labute approximate surface area is 331 Å². The van der Waals surface area contributed by atoms with Gasteiger partial charge in [-0.05, 0) is 110 Å². The molecule has 7 fully saturated rings. The van der Waals surface area contributed by atoms with Crippen molar-refractivity contribution in [2.75, 3.05) is 32.9 Å². The summed E-state index contributed by atoms with van der Waals surface area (Å²) in [5.74, 6) is -0.873. The van der Waals surface area contributed by atoms with Crippen LogP contribution in [0.25, 0.3) is 10.9 Å². The van der Waals surface area contributed by atoms with E-state index in [0.29, 0.717) is 49.3 Å². The molecule has 4 bridgehead atoms. The van der Waals surface area contributed by atoms with Crippen molar-refractivity contribution in [1.82, 2.24) is 9.47 Å². The maximum Gasteiger partial charge on any atom is 0.164 e. The van der Waals surface area contributed by atoms with Gasteiger partial charge < -0.3 is 57.4 Å². The maximum atomic E-state index is 12.2. The van der Waals surface area contributed by atoms with Crippen LogP contribution < -0.4 is 4.74 Å². The summed E-state index contributed by atoms with van der Waals surface area (Å²) in [4.78, 5) is 2.76. The molecule has 1 saturated carbocycles. The van der Waals surface area contributed by atoms with Crippen LogP contribution >= 0.6 is 0 Å². The second-order valence-electron chi connectivity index (χ2n) is 19.3. The van der Waals surface area contributed by atoms with Gasteiger partial charge >= 0.3 is 0 Å². The fraction of sp³-hybridized carbons (Fsp3) is 0.814. The van der Waals surface area contributed by atoms with Crippen LogP contribution in [0.1, 0.15) is 98.8 Å². The zero-order chi connectivity index (χ0) is 39.5. The third kappa shape index (κ3) is 7.24. The first-order chi connectivity index (χ1) is 26.4. The fourth-order valence-electron chi connectivity index (χ4n) is 11.3. The Bertz CT molecular complexity index is 1780. The lowest BCUT2D eigenvalue weighted by molar-refractivity contribution is -0.175. The van der Waals surface area contributed by atoms with E-state index in [2.05, 4.69) is 28.5 Å². The maximum absolute atomic E-state index is 12.2. The smallest absolute Gasteiger partial charge is 0.164 e. The molecule has 2 unspecified atom stereocenters. The minimum atomic E-state index is -0.971. The number of benzene rings is 1. The highest BCUT2D eigenvalue weighted by Crippen LogP contribution is 2.52. The topological polar surface area (TPSA) is 132 Å². The predicted molar refractivity (Wildman–Crippen MR) is 205 cm³/mol. The molecule has 0 amide bonds. The molecule has 1 aromatic carbocycles. The molecule has 10 rings (SSSR count). The lowest BCUT2D eigenvalue weighted by atomic mass is 9.65. The molecule has 56 heavy (non-hydrogen) atoms. The molecular weight excluding hydrogens is 720 g/mol. The summed E-state index contributed by atoms with van der Waals surface area (Å²) >= 11 is 0. The van der Waals surface area contributed by atoms with Crippen molar-refractivity contribution in [3.8, 4) is 5.75 Å². The van der Waals surface area contributed by atoms with E-state index in [0.717, 1.165) is 30.3 Å². The van der Waals surface area contributed by atoms with Gasteiger partial charge in [0.15, 0.2) is 23.1 Å². The van der Waals surface area contributed by atoms with Gasteiger partial charge in [-0.15, -0.1) is 0 Å². The molecule has 0 spiro atoms. The van der Waals surface area contributed by atoms with E-state index in [9.17, 15) is 10.2 Å². The highest BCUT2D eigenvalue weighted by atomic mass is 16.8. The Morgan fingerprint density at radius 1 is 0.786 bits per heavy atom. The zero-order valence-electron chi connectivity index (χ0n) is 34.7. The van der Waals surface area contributed by atoms with Gasteiger partial charge in [-0.3, -0.25) is 4.90 Å². The standard InChI is InChI=1S/C43H64N2O11/c1-10-24-15-23-16-28-34(24)44(18-23)14-13-26-27-17-25(48-20-31(47)37-39(56-43(8,9)54-37)33-22-50-41(4,5)52-33)11-12-29(27)45(35(26)28)19-30(46)36-38(55-42(6,7)53-36)32-21-49-40(2,3)51-32/h11-12,17,23-24,28,30-34,36-39,46-47H,10,13-16,18-22H2,1-9H3/t23-,24-,28+,30-,31-,32+,33+,34?,36-,37-,38+,39+/m0/s1. The Morgan fingerprint density at radius 2 is 1.41 bits per heavy atom. The number of ether oxygens (including phenoxy) is 9. The summed E-state index contributed by atoms with van der Waals surface area (Å²) < 4.78 is 58.3. The largest absolute Gasteiger partial charge is 0.491 e. The quantitative estimate of drug-likeness (QED) is 0.342. The second kappa shape index (κ2) is 14.1. The number of hydrogen-bond acceptors (Lipinski definition) is 12. The van der Waals surface area contributed by atoms with Gasteiger partial charge in [0.2, 0.25) is 0 Å². The van der Waals surface area contributed by atoms with Crippen molar-refractivity contribution in [3.05, 3.63) is 29.5 Å². The molecule has 8 aliphatic rings. The van der Waals surface area contributed by atoms with Crippen LogP contribution in [0.5, 0.6) is 5.75 Å². The molecule has 13 nitrogen and oxygen atoms in total. The average molecular weight is 785 g/mol. The number of aromatic nitrogens is 1. The van der Waals surface area contributed by atoms with Crippen molar-refractivity contribution in [2.45, 2.75) is 178 Å². The molecule has 312 valence electrons. The van der Waals surface area contributed by atoms with Gasteiger partial charge in [0.1, 0.15) is 61.2 Å². The number of aliphatic hydroxyl groups excluding tert-OH is 2. The molecule has 0 radical (unpaired) electrons. The monoisotopic (exact) mass is 784 g/mol. The molecule has 8 heterocycles. The Balaban J connectivity index is 1.02. The molecule has 1 aromatic heterocycles. The lowest BCUT2D eigenvalue weighted by Crippen LogP contribution is -2.56. The molecule has 13 heteroatoms. The summed E-state index contributed by atoms with van der Waals surface area (Å²) in [7, 11) is 0. The predicted octanol–water partition coefficient (Wildman–Crippen LogP) is 4.85. The number of rotatable bonds is 10. The van der Waals surface area contributed by atoms with Gasteiger partial charge in [-0.1, -0.05) is 13.3 Å². The van der Waals surface area contributed by atoms with Gasteiger partial charge in [-0.2, -0.15) is 0 Å². The van der Waals surface area contributed by atoms with Gasteiger partial charge in [0, 0.05) is 41.6 Å².